The van der Waals surface area contributed by atoms with E-state index in [1.807, 2.05) is 0 Å². The van der Waals surface area contributed by atoms with Gasteiger partial charge >= 0.3 is 0 Å². The summed E-state index contributed by atoms with van der Waals surface area (Å²) in [5, 5.41) is 2.59. The maximum absolute atomic E-state index is 2.68. The van der Waals surface area contributed by atoms with Crippen LogP contribution >= 0.6 is 0 Å². The maximum Gasteiger partial charge on any atom is 0.0543 e. The quantitative estimate of drug-likeness (QED) is 0.175. The van der Waals surface area contributed by atoms with Crippen molar-refractivity contribution in [2.75, 3.05) is 4.90 Å². The van der Waals surface area contributed by atoms with Gasteiger partial charge in [0.1, 0.15) is 0 Å². The first-order chi connectivity index (χ1) is 27.7. The van der Waals surface area contributed by atoms with Crippen LogP contribution in [-0.2, 0) is 10.8 Å². The van der Waals surface area contributed by atoms with Gasteiger partial charge in [-0.05, 0) is 148 Å². The second-order valence-corrected chi connectivity index (χ2v) is 18.4. The average molecular weight is 722 g/mol. The van der Waals surface area contributed by atoms with Crippen LogP contribution in [0.1, 0.15) is 80.0 Å². The summed E-state index contributed by atoms with van der Waals surface area (Å²) in [4.78, 5) is 2.68. The summed E-state index contributed by atoms with van der Waals surface area (Å²) in [5.41, 5.74) is 18.8. The lowest BCUT2D eigenvalue weighted by atomic mass is 9.43. The third-order valence-electron chi connectivity index (χ3n) is 16.0. The van der Waals surface area contributed by atoms with Gasteiger partial charge in [0.15, 0.2) is 0 Å². The van der Waals surface area contributed by atoms with Gasteiger partial charge < -0.3 is 4.90 Å². The lowest BCUT2D eigenvalue weighted by Gasteiger charge is -2.61. The first kappa shape index (κ1) is 31.8. The van der Waals surface area contributed by atoms with Crippen molar-refractivity contribution in [3.8, 4) is 33.4 Å². The van der Waals surface area contributed by atoms with Crippen LogP contribution < -0.4 is 4.90 Å². The molecule has 5 fully saturated rings. The van der Waals surface area contributed by atoms with Crippen LogP contribution in [0.4, 0.5) is 17.1 Å². The number of rotatable bonds is 4. The number of hydrogen-bond acceptors (Lipinski definition) is 1. The molecule has 7 aromatic carbocycles. The van der Waals surface area contributed by atoms with Crippen molar-refractivity contribution in [2.45, 2.75) is 68.6 Å². The lowest BCUT2D eigenvalue weighted by molar-refractivity contribution is -0.0399. The monoisotopic (exact) mass is 721 g/mol. The molecule has 0 aromatic heterocycles. The molecule has 0 saturated heterocycles. The molecule has 0 unspecified atom stereocenters. The molecule has 1 nitrogen and oxygen atoms in total. The van der Waals surface area contributed by atoms with Crippen molar-refractivity contribution < 1.29 is 0 Å². The fraction of sp³-hybridized carbons (Fsp3) is 0.273. The molecule has 7 aliphatic carbocycles. The highest BCUT2D eigenvalue weighted by atomic mass is 15.1. The second-order valence-electron chi connectivity index (χ2n) is 18.4. The molecule has 0 amide bonds. The molecule has 0 N–H and O–H groups in total. The molecule has 7 aromatic rings. The Labute approximate surface area is 331 Å². The first-order valence-electron chi connectivity index (χ1n) is 21.6. The fourth-order valence-electron chi connectivity index (χ4n) is 14.2. The zero-order valence-corrected chi connectivity index (χ0v) is 32.1. The molecular weight excluding hydrogens is 675 g/mol. The highest BCUT2D eigenvalue weighted by Crippen LogP contribution is 2.71. The Morgan fingerprint density at radius 2 is 0.964 bits per heavy atom. The number of anilines is 3. The molecule has 56 heavy (non-hydrogen) atoms. The van der Waals surface area contributed by atoms with Gasteiger partial charge in [0.25, 0.3) is 0 Å². The Morgan fingerprint density at radius 3 is 1.70 bits per heavy atom. The van der Waals surface area contributed by atoms with Crippen molar-refractivity contribution >= 4 is 27.8 Å². The van der Waals surface area contributed by atoms with Crippen molar-refractivity contribution in [1.29, 1.82) is 0 Å². The minimum Gasteiger partial charge on any atom is -0.309 e. The van der Waals surface area contributed by atoms with Crippen LogP contribution in [-0.4, -0.2) is 0 Å². The molecule has 0 atom stereocenters. The van der Waals surface area contributed by atoms with Crippen LogP contribution in [0.15, 0.2) is 152 Å². The van der Waals surface area contributed by atoms with Gasteiger partial charge in [-0.3, -0.25) is 0 Å². The van der Waals surface area contributed by atoms with Crippen molar-refractivity contribution in [1.82, 2.24) is 0 Å². The van der Waals surface area contributed by atoms with E-state index >= 15 is 0 Å². The first-order valence-corrected chi connectivity index (χ1v) is 21.6. The summed E-state index contributed by atoms with van der Waals surface area (Å²) >= 11 is 0. The topological polar surface area (TPSA) is 3.24 Å². The Bertz CT molecular complexity index is 2690. The molecule has 272 valence electrons. The van der Waals surface area contributed by atoms with Crippen LogP contribution in [0.3, 0.4) is 0 Å². The lowest BCUT2D eigenvalue weighted by Crippen LogP contribution is -2.55. The van der Waals surface area contributed by atoms with Gasteiger partial charge in [0.2, 0.25) is 0 Å². The van der Waals surface area contributed by atoms with Gasteiger partial charge in [0, 0.05) is 27.6 Å². The molecule has 4 bridgehead atoms. The third kappa shape index (κ3) is 4.06. The summed E-state index contributed by atoms with van der Waals surface area (Å²) in [6.45, 7) is 0. The normalized spacial score (nSPS) is 25.4. The van der Waals surface area contributed by atoms with Crippen molar-refractivity contribution in [3.63, 3.8) is 0 Å². The largest absolute Gasteiger partial charge is 0.309 e. The highest BCUT2D eigenvalue weighted by molar-refractivity contribution is 6.01. The minimum atomic E-state index is 0.113. The highest BCUT2D eigenvalue weighted by Gasteiger charge is 2.62. The average Bonchev–Trinajstić information content (AvgIpc) is 3.94. The predicted molar refractivity (Wildman–Crippen MR) is 232 cm³/mol. The molecule has 0 heterocycles. The number of fused-ring (bicyclic) bond motifs is 9. The van der Waals surface area contributed by atoms with E-state index in [0.29, 0.717) is 0 Å². The molecule has 2 spiro atoms. The van der Waals surface area contributed by atoms with Gasteiger partial charge in [-0.1, -0.05) is 140 Å². The molecule has 5 saturated carbocycles. The van der Waals surface area contributed by atoms with E-state index in [1.54, 1.807) is 16.7 Å². The zero-order valence-electron chi connectivity index (χ0n) is 32.1. The zero-order chi connectivity index (χ0) is 36.6. The number of benzene rings is 7. The summed E-state index contributed by atoms with van der Waals surface area (Å²) in [6.07, 6.45) is 12.1. The Balaban J connectivity index is 1.07. The van der Waals surface area contributed by atoms with E-state index in [1.165, 1.54) is 125 Å². The van der Waals surface area contributed by atoms with E-state index in [4.69, 9.17) is 0 Å². The van der Waals surface area contributed by atoms with Crippen LogP contribution in [0, 0.1) is 23.7 Å². The summed E-state index contributed by atoms with van der Waals surface area (Å²) in [5.74, 6) is 3.32. The van der Waals surface area contributed by atoms with E-state index in [9.17, 15) is 0 Å². The van der Waals surface area contributed by atoms with Crippen LogP contribution in [0.2, 0.25) is 0 Å². The van der Waals surface area contributed by atoms with E-state index in [-0.39, 0.29) is 10.8 Å². The third-order valence-corrected chi connectivity index (χ3v) is 16.0. The summed E-state index contributed by atoms with van der Waals surface area (Å²) in [6, 6.07) is 58.8. The molecule has 0 radical (unpaired) electrons. The summed E-state index contributed by atoms with van der Waals surface area (Å²) < 4.78 is 0. The van der Waals surface area contributed by atoms with Crippen LogP contribution in [0.25, 0.3) is 44.2 Å². The second kappa shape index (κ2) is 11.6. The van der Waals surface area contributed by atoms with E-state index in [0.717, 1.165) is 23.7 Å². The van der Waals surface area contributed by atoms with Crippen molar-refractivity contribution in [3.05, 3.63) is 174 Å². The Hall–Kier alpha value is -5.40. The van der Waals surface area contributed by atoms with Crippen LogP contribution in [0.5, 0.6) is 0 Å². The molecule has 14 rings (SSSR count). The molecule has 0 aliphatic heterocycles. The minimum absolute atomic E-state index is 0.113. The molecule has 7 aliphatic rings. The van der Waals surface area contributed by atoms with E-state index in [2.05, 4.69) is 157 Å². The smallest absolute Gasteiger partial charge is 0.0543 e. The molecular formula is C55H47N. The SMILES string of the molecule is c1ccc2c(c1)-c1c(N(c3ccc(-c4cccc5ccccc45)cc3)c3cccc4c3-c3ccccc3C43C4CC5CC(C4)CC3C5)cccc1C21CCCC1. The predicted octanol–water partition coefficient (Wildman–Crippen LogP) is 14.5. The maximum atomic E-state index is 2.68. The number of nitrogens with zero attached hydrogens (tertiary/aromatic N) is 1. The van der Waals surface area contributed by atoms with E-state index < -0.39 is 0 Å². The van der Waals surface area contributed by atoms with Gasteiger partial charge in [-0.15, -0.1) is 0 Å². The standard InChI is InChI=1S/C55H47N/c1-2-14-42-37(12-1)13-9-17-43(42)38-24-26-41(27-25-38)56(50-22-10-20-48-52(50)44-15-3-5-18-46(44)54(48)28-7-8-29-54)51-23-11-21-49-53(51)45-16-4-6-19-47(45)55(49)39-31-35-30-36(33-39)34-40(55)32-35/h1-6,9-27,35-36,39-40H,7-8,28-34H2. The van der Waals surface area contributed by atoms with Crippen molar-refractivity contribution in [2.24, 2.45) is 23.7 Å². The fourth-order valence-corrected chi connectivity index (χ4v) is 14.2. The van der Waals surface area contributed by atoms with Gasteiger partial charge in [-0.2, -0.15) is 0 Å². The van der Waals surface area contributed by atoms with Gasteiger partial charge in [-0.25, -0.2) is 0 Å². The summed E-state index contributed by atoms with van der Waals surface area (Å²) in [7, 11) is 0. The molecule has 1 heteroatoms. The Morgan fingerprint density at radius 1 is 0.429 bits per heavy atom. The number of hydrogen-bond donors (Lipinski definition) is 0. The van der Waals surface area contributed by atoms with Gasteiger partial charge in [0.05, 0.1) is 11.4 Å². The Kier molecular flexibility index (Phi) is 6.57.